The average molecular weight is 459 g/mol. The summed E-state index contributed by atoms with van der Waals surface area (Å²) in [5.41, 5.74) is 2.89. The van der Waals surface area contributed by atoms with Crippen LogP contribution in [0.15, 0.2) is 54.6 Å². The molecule has 6 heteroatoms. The van der Waals surface area contributed by atoms with Crippen LogP contribution in [0, 0.1) is 10.6 Å². The van der Waals surface area contributed by atoms with Gasteiger partial charge in [0.1, 0.15) is 27.6 Å². The van der Waals surface area contributed by atoms with Crippen molar-refractivity contribution in [2.45, 2.75) is 20.0 Å². The summed E-state index contributed by atoms with van der Waals surface area (Å²) in [7, 11) is 0. The first-order valence-electron chi connectivity index (χ1n) is 8.46. The van der Waals surface area contributed by atoms with Crippen molar-refractivity contribution in [3.63, 3.8) is 0 Å². The highest BCUT2D eigenvalue weighted by atomic mass is 127. The Bertz CT molecular complexity index is 936. The van der Waals surface area contributed by atoms with Crippen LogP contribution >= 0.6 is 22.6 Å². The molecular weight excluding hydrogens is 441 g/mol. The maximum absolute atomic E-state index is 13.0. The van der Waals surface area contributed by atoms with Crippen molar-refractivity contribution in [2.24, 2.45) is 0 Å². The fraction of sp³-hybridized carbons (Fsp3) is 0.200. The molecule has 132 valence electrons. The number of carbonyl (C=O) groups excluding carboxylic acids is 1. The molecule has 1 aliphatic heterocycles. The number of aryl methyl sites for hydroxylation is 1. The van der Waals surface area contributed by atoms with E-state index in [0.717, 1.165) is 33.1 Å². The molecule has 0 aliphatic carbocycles. The molecule has 26 heavy (non-hydrogen) atoms. The van der Waals surface area contributed by atoms with Crippen LogP contribution in [0.5, 0.6) is 5.75 Å². The lowest BCUT2D eigenvalue weighted by Crippen LogP contribution is -2.42. The van der Waals surface area contributed by atoms with Crippen molar-refractivity contribution in [1.82, 2.24) is 9.55 Å². The number of aromatic nitrogens is 2. The Hall–Kier alpha value is -2.35. The standard InChI is InChI=1S/C20H18IN3O2/c1-14-7-9-15(10-8-14)23-12-11-18-22-17(19(21)24(18)20(23)25)13-26-16-5-3-2-4-6-16/h2-10H,11-13H2,1H3. The highest BCUT2D eigenvalue weighted by Crippen LogP contribution is 2.25. The van der Waals surface area contributed by atoms with Gasteiger partial charge in [-0.3, -0.25) is 4.90 Å². The number of anilines is 1. The van der Waals surface area contributed by atoms with Crippen molar-refractivity contribution in [1.29, 1.82) is 0 Å². The van der Waals surface area contributed by atoms with Crippen LogP contribution in [0.1, 0.15) is 17.1 Å². The molecule has 2 heterocycles. The van der Waals surface area contributed by atoms with Gasteiger partial charge in [0.15, 0.2) is 0 Å². The minimum absolute atomic E-state index is 0.0574. The highest BCUT2D eigenvalue weighted by molar-refractivity contribution is 14.1. The number of amides is 1. The molecule has 0 spiro atoms. The van der Waals surface area contributed by atoms with E-state index in [0.29, 0.717) is 13.2 Å². The Morgan fingerprint density at radius 2 is 1.85 bits per heavy atom. The quantitative estimate of drug-likeness (QED) is 0.544. The number of para-hydroxylation sites is 1. The van der Waals surface area contributed by atoms with Gasteiger partial charge in [-0.2, -0.15) is 0 Å². The first-order chi connectivity index (χ1) is 12.6. The summed E-state index contributed by atoms with van der Waals surface area (Å²) < 4.78 is 8.32. The van der Waals surface area contributed by atoms with Crippen LogP contribution in [0.2, 0.25) is 0 Å². The first-order valence-corrected chi connectivity index (χ1v) is 9.54. The number of imidazole rings is 1. The molecule has 0 N–H and O–H groups in total. The summed E-state index contributed by atoms with van der Waals surface area (Å²) in [6, 6.07) is 17.6. The maximum Gasteiger partial charge on any atom is 0.334 e. The van der Waals surface area contributed by atoms with E-state index < -0.39 is 0 Å². The summed E-state index contributed by atoms with van der Waals surface area (Å²) in [6.07, 6.45) is 0.723. The van der Waals surface area contributed by atoms with Crippen molar-refractivity contribution in [3.8, 4) is 5.75 Å². The first kappa shape index (κ1) is 17.1. The van der Waals surface area contributed by atoms with Crippen LogP contribution in [-0.2, 0) is 13.0 Å². The van der Waals surface area contributed by atoms with Gasteiger partial charge in [-0.25, -0.2) is 14.3 Å². The Balaban J connectivity index is 1.57. The van der Waals surface area contributed by atoms with Gasteiger partial charge < -0.3 is 4.74 Å². The van der Waals surface area contributed by atoms with Crippen molar-refractivity contribution >= 4 is 34.3 Å². The zero-order chi connectivity index (χ0) is 18.1. The Kier molecular flexibility index (Phi) is 4.67. The maximum atomic E-state index is 13.0. The van der Waals surface area contributed by atoms with Gasteiger partial charge in [-0.05, 0) is 53.8 Å². The predicted octanol–water partition coefficient (Wildman–Crippen LogP) is 4.41. The number of nitrogens with zero attached hydrogens (tertiary/aromatic N) is 3. The largest absolute Gasteiger partial charge is 0.487 e. The molecule has 4 rings (SSSR count). The number of fused-ring (bicyclic) bond motifs is 1. The molecule has 3 aromatic rings. The van der Waals surface area contributed by atoms with E-state index in [-0.39, 0.29) is 6.03 Å². The molecule has 2 aromatic carbocycles. The van der Waals surface area contributed by atoms with E-state index in [9.17, 15) is 4.79 Å². The summed E-state index contributed by atoms with van der Waals surface area (Å²) in [5, 5.41) is 0. The highest BCUT2D eigenvalue weighted by Gasteiger charge is 2.30. The van der Waals surface area contributed by atoms with Crippen LogP contribution in [-0.4, -0.2) is 22.1 Å². The fourth-order valence-electron chi connectivity index (χ4n) is 3.01. The summed E-state index contributed by atoms with van der Waals surface area (Å²) in [5.74, 6) is 1.59. The molecule has 1 aliphatic rings. The lowest BCUT2D eigenvalue weighted by Gasteiger charge is -2.28. The van der Waals surface area contributed by atoms with E-state index >= 15 is 0 Å². The van der Waals surface area contributed by atoms with Crippen molar-refractivity contribution < 1.29 is 9.53 Å². The molecule has 0 saturated carbocycles. The monoisotopic (exact) mass is 459 g/mol. The molecule has 0 fully saturated rings. The SMILES string of the molecule is Cc1ccc(N2CCc3nc(COc4ccccc4)c(I)n3C2=O)cc1. The van der Waals surface area contributed by atoms with Gasteiger partial charge in [-0.1, -0.05) is 35.9 Å². The zero-order valence-electron chi connectivity index (χ0n) is 14.4. The third-order valence-corrected chi connectivity index (χ3v) is 5.51. The minimum atomic E-state index is -0.0574. The van der Waals surface area contributed by atoms with Crippen molar-refractivity contribution in [3.05, 3.63) is 75.4 Å². The lowest BCUT2D eigenvalue weighted by atomic mass is 10.2. The van der Waals surface area contributed by atoms with Gasteiger partial charge >= 0.3 is 6.03 Å². The third kappa shape index (κ3) is 3.21. The number of halogens is 1. The Labute approximate surface area is 165 Å². The number of rotatable bonds is 4. The van der Waals surface area contributed by atoms with E-state index in [2.05, 4.69) is 27.6 Å². The molecule has 0 radical (unpaired) electrons. The normalized spacial score (nSPS) is 13.6. The number of benzene rings is 2. The summed E-state index contributed by atoms with van der Waals surface area (Å²) in [4.78, 5) is 19.5. The van der Waals surface area contributed by atoms with Gasteiger partial charge in [-0.15, -0.1) is 0 Å². The van der Waals surface area contributed by atoms with Gasteiger partial charge in [0.25, 0.3) is 0 Å². The van der Waals surface area contributed by atoms with Gasteiger partial charge in [0.05, 0.1) is 0 Å². The second-order valence-corrected chi connectivity index (χ2v) is 7.24. The van der Waals surface area contributed by atoms with Crippen LogP contribution in [0.4, 0.5) is 10.5 Å². The number of hydrogen-bond acceptors (Lipinski definition) is 3. The number of ether oxygens (including phenoxy) is 1. The van der Waals surface area contributed by atoms with Gasteiger partial charge in [0.2, 0.25) is 0 Å². The third-order valence-electron chi connectivity index (χ3n) is 4.40. The predicted molar refractivity (Wildman–Crippen MR) is 109 cm³/mol. The summed E-state index contributed by atoms with van der Waals surface area (Å²) in [6.45, 7) is 3.02. The molecule has 0 atom stereocenters. The molecular formula is C20H18IN3O2. The lowest BCUT2D eigenvalue weighted by molar-refractivity contribution is 0.244. The fourth-order valence-corrected chi connectivity index (χ4v) is 3.77. The minimum Gasteiger partial charge on any atom is -0.487 e. The zero-order valence-corrected chi connectivity index (χ0v) is 16.5. The second-order valence-electron chi connectivity index (χ2n) is 6.22. The Morgan fingerprint density at radius 1 is 1.12 bits per heavy atom. The van der Waals surface area contributed by atoms with E-state index in [1.54, 1.807) is 9.47 Å². The van der Waals surface area contributed by atoms with Gasteiger partial charge in [0, 0.05) is 18.7 Å². The number of hydrogen-bond donors (Lipinski definition) is 0. The van der Waals surface area contributed by atoms with E-state index in [1.807, 2.05) is 61.5 Å². The van der Waals surface area contributed by atoms with Crippen LogP contribution in [0.3, 0.4) is 0 Å². The summed E-state index contributed by atoms with van der Waals surface area (Å²) >= 11 is 2.18. The Morgan fingerprint density at radius 3 is 2.58 bits per heavy atom. The van der Waals surface area contributed by atoms with Crippen LogP contribution < -0.4 is 9.64 Å². The molecule has 1 amide bonds. The molecule has 5 nitrogen and oxygen atoms in total. The molecule has 0 unspecified atom stereocenters. The smallest absolute Gasteiger partial charge is 0.334 e. The average Bonchev–Trinajstić information content (AvgIpc) is 2.99. The topological polar surface area (TPSA) is 47.4 Å². The molecule has 1 aromatic heterocycles. The van der Waals surface area contributed by atoms with Crippen LogP contribution in [0.25, 0.3) is 0 Å². The number of carbonyl (C=O) groups is 1. The second kappa shape index (κ2) is 7.11. The van der Waals surface area contributed by atoms with Crippen molar-refractivity contribution in [2.75, 3.05) is 11.4 Å². The molecule has 0 saturated heterocycles. The van der Waals surface area contributed by atoms with E-state index in [4.69, 9.17) is 4.74 Å². The molecule has 0 bridgehead atoms. The van der Waals surface area contributed by atoms with E-state index in [1.165, 1.54) is 5.56 Å².